The number of anilines is 2. The van der Waals surface area contributed by atoms with E-state index < -0.39 is 5.82 Å². The molecule has 1 aliphatic rings. The highest BCUT2D eigenvalue weighted by Gasteiger charge is 2.22. The van der Waals surface area contributed by atoms with Crippen molar-refractivity contribution < 1.29 is 13.9 Å². The van der Waals surface area contributed by atoms with Crippen LogP contribution >= 0.6 is 0 Å². The summed E-state index contributed by atoms with van der Waals surface area (Å²) < 4.78 is 18.7. The number of carbonyl (C=O) groups excluding carboxylic acids is 1. The average Bonchev–Trinajstić information content (AvgIpc) is 2.87. The average molecular weight is 267 g/mol. The summed E-state index contributed by atoms with van der Waals surface area (Å²) in [5.41, 5.74) is 6.08. The molecule has 0 radical (unpaired) electrons. The Morgan fingerprint density at radius 1 is 1.63 bits per heavy atom. The smallest absolute Gasteiger partial charge is 0.238 e. The van der Waals surface area contributed by atoms with E-state index in [1.165, 1.54) is 18.2 Å². The van der Waals surface area contributed by atoms with E-state index in [-0.39, 0.29) is 24.2 Å². The van der Waals surface area contributed by atoms with Crippen LogP contribution in [0.1, 0.15) is 6.42 Å². The molecule has 1 heterocycles. The SMILES string of the molecule is CN(CC(=O)Nc1cc(N)ccc1F)C1CCOC1. The maximum atomic E-state index is 13.5. The van der Waals surface area contributed by atoms with Crippen LogP contribution in [0.4, 0.5) is 15.8 Å². The van der Waals surface area contributed by atoms with E-state index in [1.807, 2.05) is 11.9 Å². The molecular formula is C13H18FN3O2. The largest absolute Gasteiger partial charge is 0.399 e. The van der Waals surface area contributed by atoms with Crippen molar-refractivity contribution in [3.05, 3.63) is 24.0 Å². The minimum Gasteiger partial charge on any atom is -0.399 e. The van der Waals surface area contributed by atoms with E-state index in [0.717, 1.165) is 13.0 Å². The molecule has 0 aliphatic carbocycles. The summed E-state index contributed by atoms with van der Waals surface area (Å²) in [6.45, 7) is 1.55. The molecule has 1 atom stereocenters. The normalized spacial score (nSPS) is 18.8. The van der Waals surface area contributed by atoms with E-state index in [0.29, 0.717) is 12.3 Å². The van der Waals surface area contributed by atoms with Crippen LogP contribution in [0.5, 0.6) is 0 Å². The number of nitrogens with zero attached hydrogens (tertiary/aromatic N) is 1. The number of nitrogens with two attached hydrogens (primary N) is 1. The summed E-state index contributed by atoms with van der Waals surface area (Å²) in [6, 6.07) is 4.34. The molecule has 1 aromatic carbocycles. The molecule has 0 spiro atoms. The van der Waals surface area contributed by atoms with Crippen LogP contribution in [-0.4, -0.2) is 43.7 Å². The molecule has 1 amide bonds. The Morgan fingerprint density at radius 3 is 3.11 bits per heavy atom. The molecule has 1 unspecified atom stereocenters. The lowest BCUT2D eigenvalue weighted by molar-refractivity contribution is -0.117. The molecule has 104 valence electrons. The third kappa shape index (κ3) is 3.65. The van der Waals surface area contributed by atoms with E-state index in [9.17, 15) is 9.18 Å². The van der Waals surface area contributed by atoms with Gasteiger partial charge in [0.15, 0.2) is 0 Å². The van der Waals surface area contributed by atoms with E-state index in [2.05, 4.69) is 5.32 Å². The van der Waals surface area contributed by atoms with Crippen molar-refractivity contribution in [1.82, 2.24) is 4.90 Å². The van der Waals surface area contributed by atoms with Crippen LogP contribution < -0.4 is 11.1 Å². The Labute approximate surface area is 111 Å². The second kappa shape index (κ2) is 5.99. The fourth-order valence-corrected chi connectivity index (χ4v) is 2.05. The van der Waals surface area contributed by atoms with Crippen molar-refractivity contribution in [2.45, 2.75) is 12.5 Å². The zero-order valence-corrected chi connectivity index (χ0v) is 10.9. The summed E-state index contributed by atoms with van der Waals surface area (Å²) in [6.07, 6.45) is 0.913. The van der Waals surface area contributed by atoms with Gasteiger partial charge in [-0.3, -0.25) is 9.69 Å². The molecule has 5 nitrogen and oxygen atoms in total. The van der Waals surface area contributed by atoms with Gasteiger partial charge in [0.2, 0.25) is 5.91 Å². The number of carbonyl (C=O) groups is 1. The second-order valence-electron chi connectivity index (χ2n) is 4.72. The van der Waals surface area contributed by atoms with Gasteiger partial charge in [0.25, 0.3) is 0 Å². The molecule has 2 rings (SSSR count). The summed E-state index contributed by atoms with van der Waals surface area (Å²) >= 11 is 0. The van der Waals surface area contributed by atoms with Gasteiger partial charge >= 0.3 is 0 Å². The minimum atomic E-state index is -0.491. The van der Waals surface area contributed by atoms with Gasteiger partial charge in [-0.25, -0.2) is 4.39 Å². The molecule has 6 heteroatoms. The number of amides is 1. The van der Waals surface area contributed by atoms with Crippen LogP contribution in [0.3, 0.4) is 0 Å². The van der Waals surface area contributed by atoms with Crippen molar-refractivity contribution >= 4 is 17.3 Å². The van der Waals surface area contributed by atoms with Gasteiger partial charge in [-0.15, -0.1) is 0 Å². The monoisotopic (exact) mass is 267 g/mol. The van der Waals surface area contributed by atoms with Crippen LogP contribution in [-0.2, 0) is 9.53 Å². The molecule has 0 bridgehead atoms. The van der Waals surface area contributed by atoms with Crippen molar-refractivity contribution in [3.8, 4) is 0 Å². The number of benzene rings is 1. The van der Waals surface area contributed by atoms with Gasteiger partial charge < -0.3 is 15.8 Å². The fraction of sp³-hybridized carbons (Fsp3) is 0.462. The maximum Gasteiger partial charge on any atom is 0.238 e. The lowest BCUT2D eigenvalue weighted by Crippen LogP contribution is -2.38. The predicted octanol–water partition coefficient (Wildman–Crippen LogP) is 1.07. The van der Waals surface area contributed by atoms with Gasteiger partial charge in [0.1, 0.15) is 5.82 Å². The zero-order valence-electron chi connectivity index (χ0n) is 10.9. The highest BCUT2D eigenvalue weighted by atomic mass is 19.1. The maximum absolute atomic E-state index is 13.5. The highest BCUT2D eigenvalue weighted by molar-refractivity contribution is 5.92. The summed E-state index contributed by atoms with van der Waals surface area (Å²) in [5.74, 6) is -0.756. The molecule has 1 aliphatic heterocycles. The third-order valence-electron chi connectivity index (χ3n) is 3.19. The summed E-state index contributed by atoms with van der Waals surface area (Å²) in [4.78, 5) is 13.8. The molecular weight excluding hydrogens is 249 g/mol. The van der Waals surface area contributed by atoms with Gasteiger partial charge in [-0.2, -0.15) is 0 Å². The summed E-state index contributed by atoms with van der Waals surface area (Å²) in [7, 11) is 1.86. The third-order valence-corrected chi connectivity index (χ3v) is 3.19. The zero-order chi connectivity index (χ0) is 13.8. The number of rotatable bonds is 4. The van der Waals surface area contributed by atoms with Gasteiger partial charge in [-0.05, 0) is 31.7 Å². The quantitative estimate of drug-likeness (QED) is 0.801. The number of hydrogen-bond donors (Lipinski definition) is 2. The highest BCUT2D eigenvalue weighted by Crippen LogP contribution is 2.17. The van der Waals surface area contributed by atoms with E-state index in [4.69, 9.17) is 10.5 Å². The molecule has 1 saturated heterocycles. The molecule has 0 aromatic heterocycles. The Bertz CT molecular complexity index is 461. The standard InChI is InChI=1S/C13H18FN3O2/c1-17(10-4-5-19-8-10)7-13(18)16-12-6-9(15)2-3-11(12)14/h2-3,6,10H,4-5,7-8,15H2,1H3,(H,16,18). The predicted molar refractivity (Wildman–Crippen MR) is 71.3 cm³/mol. The topological polar surface area (TPSA) is 67.6 Å². The van der Waals surface area contributed by atoms with Crippen molar-refractivity contribution in [2.75, 3.05) is 37.9 Å². The lowest BCUT2D eigenvalue weighted by Gasteiger charge is -2.22. The first-order chi connectivity index (χ1) is 9.06. The van der Waals surface area contributed by atoms with Crippen molar-refractivity contribution in [3.63, 3.8) is 0 Å². The molecule has 0 saturated carbocycles. The fourth-order valence-electron chi connectivity index (χ4n) is 2.05. The Hall–Kier alpha value is -1.66. The van der Waals surface area contributed by atoms with Crippen molar-refractivity contribution in [1.29, 1.82) is 0 Å². The number of halogens is 1. The number of ether oxygens (including phenoxy) is 1. The van der Waals surface area contributed by atoms with Crippen LogP contribution in [0.15, 0.2) is 18.2 Å². The first-order valence-corrected chi connectivity index (χ1v) is 6.19. The van der Waals surface area contributed by atoms with Crippen LogP contribution in [0, 0.1) is 5.82 Å². The summed E-state index contributed by atoms with van der Waals surface area (Å²) in [5, 5.41) is 2.53. The van der Waals surface area contributed by atoms with Gasteiger partial charge in [-0.1, -0.05) is 0 Å². The Kier molecular flexibility index (Phi) is 4.34. The first-order valence-electron chi connectivity index (χ1n) is 6.19. The van der Waals surface area contributed by atoms with Crippen molar-refractivity contribution in [2.24, 2.45) is 0 Å². The molecule has 3 N–H and O–H groups in total. The number of nitrogen functional groups attached to an aromatic ring is 1. The molecule has 1 fully saturated rings. The number of likely N-dealkylation sites (N-methyl/N-ethyl adjacent to an activating group) is 1. The molecule has 19 heavy (non-hydrogen) atoms. The molecule has 1 aromatic rings. The number of hydrogen-bond acceptors (Lipinski definition) is 4. The first kappa shape index (κ1) is 13.8. The van der Waals surface area contributed by atoms with E-state index >= 15 is 0 Å². The Balaban J connectivity index is 1.91. The minimum absolute atomic E-state index is 0.112. The lowest BCUT2D eigenvalue weighted by atomic mass is 10.2. The number of nitrogens with one attached hydrogen (secondary N) is 1. The van der Waals surface area contributed by atoms with Gasteiger partial charge in [0.05, 0.1) is 18.8 Å². The van der Waals surface area contributed by atoms with Crippen LogP contribution in [0.2, 0.25) is 0 Å². The van der Waals surface area contributed by atoms with Gasteiger partial charge in [0, 0.05) is 18.3 Å². The van der Waals surface area contributed by atoms with Crippen LogP contribution in [0.25, 0.3) is 0 Å². The Morgan fingerprint density at radius 2 is 2.42 bits per heavy atom. The van der Waals surface area contributed by atoms with E-state index in [1.54, 1.807) is 0 Å². The second-order valence-corrected chi connectivity index (χ2v) is 4.72.